The first-order valence-corrected chi connectivity index (χ1v) is 9.78. The second kappa shape index (κ2) is 9.71. The van der Waals surface area contributed by atoms with Gasteiger partial charge in [0.05, 0.1) is 21.3 Å². The van der Waals surface area contributed by atoms with Crippen molar-refractivity contribution in [1.82, 2.24) is 10.2 Å². The highest BCUT2D eigenvalue weighted by Gasteiger charge is 2.30. The van der Waals surface area contributed by atoms with Crippen LogP contribution >= 0.6 is 0 Å². The summed E-state index contributed by atoms with van der Waals surface area (Å²) in [4.78, 5) is 27.0. The molecule has 1 N–H and O–H groups in total. The number of piperidine rings is 1. The summed E-state index contributed by atoms with van der Waals surface area (Å²) in [5, 5.41) is 2.78. The fourth-order valence-electron chi connectivity index (χ4n) is 3.37. The second-order valence-corrected chi connectivity index (χ2v) is 7.94. The number of ether oxygens (including phenoxy) is 4. The Labute approximate surface area is 172 Å². The van der Waals surface area contributed by atoms with E-state index in [4.69, 9.17) is 18.9 Å². The van der Waals surface area contributed by atoms with E-state index in [2.05, 4.69) is 5.32 Å². The molecule has 0 saturated carbocycles. The standard InChI is InChI=1S/C21H32N2O6/c1-21(2,3)29-20(25)22-13-15-9-7-8-10-23(15)19(24)14-11-16(26-4)18(28-6)17(12-14)27-5/h11-12,15H,7-10,13H2,1-6H3,(H,22,25)/t15-/m1/s1. The van der Waals surface area contributed by atoms with Crippen molar-refractivity contribution < 1.29 is 28.5 Å². The van der Waals surface area contributed by atoms with Gasteiger partial charge in [0, 0.05) is 24.7 Å². The van der Waals surface area contributed by atoms with E-state index >= 15 is 0 Å². The number of nitrogens with zero attached hydrogens (tertiary/aromatic N) is 1. The molecule has 0 spiro atoms. The number of carbonyl (C=O) groups is 2. The molecule has 1 aromatic carbocycles. The summed E-state index contributed by atoms with van der Waals surface area (Å²) in [6.45, 7) is 6.40. The van der Waals surface area contributed by atoms with Crippen LogP contribution in [-0.4, -0.2) is 63.0 Å². The second-order valence-electron chi connectivity index (χ2n) is 7.94. The Balaban J connectivity index is 2.18. The molecule has 1 saturated heterocycles. The molecule has 1 aromatic rings. The van der Waals surface area contributed by atoms with Crippen LogP contribution in [0, 0.1) is 0 Å². The number of benzene rings is 1. The number of amides is 2. The van der Waals surface area contributed by atoms with Crippen molar-refractivity contribution >= 4 is 12.0 Å². The van der Waals surface area contributed by atoms with Crippen LogP contribution in [0.3, 0.4) is 0 Å². The lowest BCUT2D eigenvalue weighted by Crippen LogP contribution is -2.50. The van der Waals surface area contributed by atoms with Crippen LogP contribution in [0.4, 0.5) is 4.79 Å². The van der Waals surface area contributed by atoms with Gasteiger partial charge in [0.1, 0.15) is 5.60 Å². The number of likely N-dealkylation sites (tertiary alicyclic amines) is 1. The fraction of sp³-hybridized carbons (Fsp3) is 0.619. The van der Waals surface area contributed by atoms with E-state index in [1.165, 1.54) is 21.3 Å². The van der Waals surface area contributed by atoms with Crippen molar-refractivity contribution in [2.75, 3.05) is 34.4 Å². The van der Waals surface area contributed by atoms with Gasteiger partial charge in [0.15, 0.2) is 11.5 Å². The van der Waals surface area contributed by atoms with Crippen LogP contribution in [0.5, 0.6) is 17.2 Å². The number of nitrogens with one attached hydrogen (secondary N) is 1. The molecule has 1 atom stereocenters. The SMILES string of the molecule is COc1cc(C(=O)N2CCCC[C@@H]2CNC(=O)OC(C)(C)C)cc(OC)c1OC. The fourth-order valence-corrected chi connectivity index (χ4v) is 3.37. The van der Waals surface area contributed by atoms with Crippen molar-refractivity contribution in [3.8, 4) is 17.2 Å². The molecular formula is C21H32N2O6. The normalized spacial score (nSPS) is 16.8. The highest BCUT2D eigenvalue weighted by atomic mass is 16.6. The molecular weight excluding hydrogens is 376 g/mol. The number of methoxy groups -OCH3 is 3. The Kier molecular flexibility index (Phi) is 7.59. The topological polar surface area (TPSA) is 86.3 Å². The molecule has 0 aliphatic carbocycles. The first kappa shape index (κ1) is 22.6. The molecule has 0 unspecified atom stereocenters. The maximum atomic E-state index is 13.2. The molecule has 2 rings (SSSR count). The zero-order valence-electron chi connectivity index (χ0n) is 18.2. The van der Waals surface area contributed by atoms with Gasteiger partial charge in [0.2, 0.25) is 5.75 Å². The highest BCUT2D eigenvalue weighted by Crippen LogP contribution is 2.38. The van der Waals surface area contributed by atoms with Gasteiger partial charge in [0.25, 0.3) is 5.91 Å². The van der Waals surface area contributed by atoms with E-state index in [1.54, 1.807) is 17.0 Å². The third kappa shape index (κ3) is 5.92. The Hall–Kier alpha value is -2.64. The Morgan fingerprint density at radius 2 is 1.69 bits per heavy atom. The summed E-state index contributed by atoms with van der Waals surface area (Å²) in [6, 6.07) is 3.19. The van der Waals surface area contributed by atoms with Gasteiger partial charge in [-0.25, -0.2) is 4.79 Å². The quantitative estimate of drug-likeness (QED) is 0.778. The lowest BCUT2D eigenvalue weighted by atomic mass is 10.0. The van der Waals surface area contributed by atoms with Gasteiger partial charge >= 0.3 is 6.09 Å². The molecule has 0 radical (unpaired) electrons. The highest BCUT2D eigenvalue weighted by molar-refractivity contribution is 5.96. The van der Waals surface area contributed by atoms with Gasteiger partial charge in [-0.15, -0.1) is 0 Å². The minimum absolute atomic E-state index is 0.108. The van der Waals surface area contributed by atoms with Crippen molar-refractivity contribution in [3.63, 3.8) is 0 Å². The zero-order chi connectivity index (χ0) is 21.6. The van der Waals surface area contributed by atoms with Crippen molar-refractivity contribution in [2.24, 2.45) is 0 Å². The van der Waals surface area contributed by atoms with Crippen LogP contribution < -0.4 is 19.5 Å². The van der Waals surface area contributed by atoms with E-state index in [0.717, 1.165) is 19.3 Å². The maximum Gasteiger partial charge on any atom is 0.407 e. The number of hydrogen-bond donors (Lipinski definition) is 1. The third-order valence-corrected chi connectivity index (χ3v) is 4.68. The monoisotopic (exact) mass is 408 g/mol. The first-order chi connectivity index (χ1) is 13.7. The molecule has 162 valence electrons. The van der Waals surface area contributed by atoms with Gasteiger partial charge in [-0.2, -0.15) is 0 Å². The summed E-state index contributed by atoms with van der Waals surface area (Å²) in [5.41, 5.74) is -0.119. The lowest BCUT2D eigenvalue weighted by molar-refractivity contribution is 0.0462. The number of carbonyl (C=O) groups excluding carboxylic acids is 2. The average Bonchev–Trinajstić information content (AvgIpc) is 2.69. The third-order valence-electron chi connectivity index (χ3n) is 4.68. The zero-order valence-corrected chi connectivity index (χ0v) is 18.2. The van der Waals surface area contributed by atoms with Gasteiger partial charge < -0.3 is 29.2 Å². The summed E-state index contributed by atoms with van der Waals surface area (Å²) in [5.74, 6) is 1.15. The molecule has 0 aromatic heterocycles. The number of rotatable bonds is 6. The molecule has 1 aliphatic heterocycles. The molecule has 1 aliphatic rings. The van der Waals surface area contributed by atoms with Gasteiger partial charge in [-0.1, -0.05) is 0 Å². The summed E-state index contributed by atoms with van der Waals surface area (Å²) >= 11 is 0. The Bertz CT molecular complexity index is 703. The van der Waals surface area contributed by atoms with E-state index in [0.29, 0.717) is 35.9 Å². The molecule has 0 bridgehead atoms. The van der Waals surface area contributed by atoms with Gasteiger partial charge in [-0.05, 0) is 52.2 Å². The lowest BCUT2D eigenvalue weighted by Gasteiger charge is -2.36. The smallest absolute Gasteiger partial charge is 0.407 e. The van der Waals surface area contributed by atoms with Crippen molar-refractivity contribution in [2.45, 2.75) is 51.7 Å². The van der Waals surface area contributed by atoms with E-state index in [9.17, 15) is 9.59 Å². The van der Waals surface area contributed by atoms with Crippen LogP contribution in [0.25, 0.3) is 0 Å². The van der Waals surface area contributed by atoms with E-state index in [1.807, 2.05) is 20.8 Å². The first-order valence-electron chi connectivity index (χ1n) is 9.78. The van der Waals surface area contributed by atoms with Crippen LogP contribution in [0.1, 0.15) is 50.4 Å². The summed E-state index contributed by atoms with van der Waals surface area (Å²) in [7, 11) is 4.55. The largest absolute Gasteiger partial charge is 0.493 e. The summed E-state index contributed by atoms with van der Waals surface area (Å²) < 4.78 is 21.3. The van der Waals surface area contributed by atoms with E-state index < -0.39 is 11.7 Å². The van der Waals surface area contributed by atoms with Crippen molar-refractivity contribution in [1.29, 1.82) is 0 Å². The Morgan fingerprint density at radius 3 is 2.21 bits per heavy atom. The average molecular weight is 408 g/mol. The predicted octanol–water partition coefficient (Wildman–Crippen LogP) is 3.23. The molecule has 1 heterocycles. The van der Waals surface area contributed by atoms with Crippen LogP contribution in [0.2, 0.25) is 0 Å². The molecule has 2 amide bonds. The van der Waals surface area contributed by atoms with Gasteiger partial charge in [-0.3, -0.25) is 4.79 Å². The molecule has 8 heteroatoms. The molecule has 1 fully saturated rings. The molecule has 8 nitrogen and oxygen atoms in total. The minimum Gasteiger partial charge on any atom is -0.493 e. The number of hydrogen-bond acceptors (Lipinski definition) is 6. The van der Waals surface area contributed by atoms with Crippen LogP contribution in [-0.2, 0) is 4.74 Å². The van der Waals surface area contributed by atoms with Crippen molar-refractivity contribution in [3.05, 3.63) is 17.7 Å². The minimum atomic E-state index is -0.567. The van der Waals surface area contributed by atoms with Crippen LogP contribution in [0.15, 0.2) is 12.1 Å². The Morgan fingerprint density at radius 1 is 1.07 bits per heavy atom. The molecule has 29 heavy (non-hydrogen) atoms. The number of alkyl carbamates (subject to hydrolysis) is 1. The van der Waals surface area contributed by atoms with E-state index in [-0.39, 0.29) is 11.9 Å². The predicted molar refractivity (Wildman–Crippen MR) is 109 cm³/mol. The maximum absolute atomic E-state index is 13.2. The summed E-state index contributed by atoms with van der Waals surface area (Å²) in [6.07, 6.45) is 2.24.